The van der Waals surface area contributed by atoms with Crippen LogP contribution in [0, 0.1) is 6.92 Å². The number of nitrogens with zero attached hydrogens (tertiary/aromatic N) is 2. The average Bonchev–Trinajstić information content (AvgIpc) is 2.51. The van der Waals surface area contributed by atoms with Gasteiger partial charge >= 0.3 is 0 Å². The second-order valence-electron chi connectivity index (χ2n) is 4.72. The van der Waals surface area contributed by atoms with Crippen LogP contribution in [0.5, 0.6) is 0 Å². The van der Waals surface area contributed by atoms with E-state index in [0.717, 1.165) is 32.1 Å². The van der Waals surface area contributed by atoms with Gasteiger partial charge in [0.15, 0.2) is 0 Å². The summed E-state index contributed by atoms with van der Waals surface area (Å²) >= 11 is 8.08. The van der Waals surface area contributed by atoms with E-state index >= 15 is 0 Å². The van der Waals surface area contributed by atoms with Gasteiger partial charge in [0.2, 0.25) is 0 Å². The molecule has 0 saturated carbocycles. The quantitative estimate of drug-likeness (QED) is 0.725. The lowest BCUT2D eigenvalue weighted by atomic mass is 10.1. The molecule has 0 radical (unpaired) electrons. The summed E-state index contributed by atoms with van der Waals surface area (Å²) in [4.78, 5) is 9.66. The number of nitrogen functional groups attached to an aromatic ring is 1. The molecule has 3 nitrogen and oxygen atoms in total. The molecule has 0 aliphatic carbocycles. The number of aromatic nitrogens is 2. The van der Waals surface area contributed by atoms with Crippen molar-refractivity contribution in [2.45, 2.75) is 17.6 Å². The zero-order chi connectivity index (χ0) is 14.8. The van der Waals surface area contributed by atoms with E-state index in [2.05, 4.69) is 9.97 Å². The second kappa shape index (κ2) is 5.92. The molecule has 2 N–H and O–H groups in total. The Kier molecular flexibility index (Phi) is 3.99. The standard InChI is InChI=1S/C16H14ClN3S/c1-10-11-4-2-3-5-13(11)20-14(16(10)17)9-21-15-6-7-19-8-12(15)18/h2-8H,9,18H2,1H3. The van der Waals surface area contributed by atoms with Crippen LogP contribution in [0.4, 0.5) is 5.69 Å². The van der Waals surface area contributed by atoms with Crippen molar-refractivity contribution in [3.63, 3.8) is 0 Å². The first-order valence-corrected chi connectivity index (χ1v) is 7.89. The summed E-state index contributed by atoms with van der Waals surface area (Å²) in [6.07, 6.45) is 3.39. The van der Waals surface area contributed by atoms with Crippen molar-refractivity contribution in [3.8, 4) is 0 Å². The zero-order valence-corrected chi connectivity index (χ0v) is 13.1. The second-order valence-corrected chi connectivity index (χ2v) is 6.11. The van der Waals surface area contributed by atoms with E-state index in [1.807, 2.05) is 37.3 Å². The van der Waals surface area contributed by atoms with Gasteiger partial charge in [-0.05, 0) is 24.6 Å². The molecule has 106 valence electrons. The molecule has 1 aromatic carbocycles. The van der Waals surface area contributed by atoms with E-state index in [9.17, 15) is 0 Å². The minimum Gasteiger partial charge on any atom is -0.397 e. The molecule has 0 amide bonds. The third-order valence-corrected chi connectivity index (χ3v) is 4.92. The maximum Gasteiger partial charge on any atom is 0.0709 e. The van der Waals surface area contributed by atoms with Gasteiger partial charge in [-0.3, -0.25) is 9.97 Å². The Morgan fingerprint density at radius 1 is 1.24 bits per heavy atom. The summed E-state index contributed by atoms with van der Waals surface area (Å²) in [7, 11) is 0. The topological polar surface area (TPSA) is 51.8 Å². The molecule has 3 aromatic rings. The number of aryl methyl sites for hydroxylation is 1. The van der Waals surface area contributed by atoms with Crippen LogP contribution >= 0.6 is 23.4 Å². The number of nitrogens with two attached hydrogens (primary N) is 1. The summed E-state index contributed by atoms with van der Waals surface area (Å²) < 4.78 is 0. The molecule has 2 aromatic heterocycles. The Balaban J connectivity index is 1.94. The van der Waals surface area contributed by atoms with E-state index < -0.39 is 0 Å². The first-order chi connectivity index (χ1) is 10.2. The summed E-state index contributed by atoms with van der Waals surface area (Å²) in [5.74, 6) is 0.679. The smallest absolute Gasteiger partial charge is 0.0709 e. The van der Waals surface area contributed by atoms with E-state index in [1.54, 1.807) is 24.2 Å². The highest BCUT2D eigenvalue weighted by Crippen LogP contribution is 2.32. The predicted molar refractivity (Wildman–Crippen MR) is 89.7 cm³/mol. The average molecular weight is 316 g/mol. The molecule has 3 rings (SSSR count). The fraction of sp³-hybridized carbons (Fsp3) is 0.125. The highest BCUT2D eigenvalue weighted by molar-refractivity contribution is 7.98. The lowest BCUT2D eigenvalue weighted by molar-refractivity contribution is 1.20. The van der Waals surface area contributed by atoms with Gasteiger partial charge in [-0.1, -0.05) is 29.8 Å². The number of para-hydroxylation sites is 1. The third-order valence-electron chi connectivity index (χ3n) is 3.32. The number of pyridine rings is 2. The molecule has 21 heavy (non-hydrogen) atoms. The van der Waals surface area contributed by atoms with Crippen molar-refractivity contribution in [3.05, 3.63) is 59.0 Å². The normalized spacial score (nSPS) is 11.0. The Morgan fingerprint density at radius 3 is 2.86 bits per heavy atom. The minimum absolute atomic E-state index is 0.677. The Bertz CT molecular complexity index is 805. The molecule has 5 heteroatoms. The minimum atomic E-state index is 0.677. The van der Waals surface area contributed by atoms with Crippen molar-refractivity contribution >= 4 is 40.0 Å². The fourth-order valence-electron chi connectivity index (χ4n) is 2.18. The summed E-state index contributed by atoms with van der Waals surface area (Å²) in [5.41, 5.74) is 9.51. The van der Waals surface area contributed by atoms with Gasteiger partial charge in [-0.25, -0.2) is 0 Å². The maximum absolute atomic E-state index is 6.46. The van der Waals surface area contributed by atoms with E-state index in [4.69, 9.17) is 17.3 Å². The van der Waals surface area contributed by atoms with E-state index in [0.29, 0.717) is 11.4 Å². The number of hydrogen-bond donors (Lipinski definition) is 1. The number of halogens is 1. The molecule has 2 heterocycles. The molecule has 0 aliphatic heterocycles. The lowest BCUT2D eigenvalue weighted by Gasteiger charge is -2.10. The third kappa shape index (κ3) is 2.82. The SMILES string of the molecule is Cc1c(Cl)c(CSc2ccncc2N)nc2ccccc12. The highest BCUT2D eigenvalue weighted by Gasteiger charge is 2.11. The molecule has 0 saturated heterocycles. The predicted octanol–water partition coefficient (Wildman–Crippen LogP) is 4.47. The van der Waals surface area contributed by atoms with Crippen LogP contribution in [-0.4, -0.2) is 9.97 Å². The number of thioether (sulfide) groups is 1. The van der Waals surface area contributed by atoms with Gasteiger partial charge in [-0.15, -0.1) is 11.8 Å². The number of anilines is 1. The molecule has 0 spiro atoms. The fourth-order valence-corrected chi connectivity index (χ4v) is 3.35. The summed E-state index contributed by atoms with van der Waals surface area (Å²) in [6.45, 7) is 2.03. The highest BCUT2D eigenvalue weighted by atomic mass is 35.5. The van der Waals surface area contributed by atoms with Crippen molar-refractivity contribution in [2.24, 2.45) is 0 Å². The summed E-state index contributed by atoms with van der Waals surface area (Å²) in [5, 5.41) is 1.83. The lowest BCUT2D eigenvalue weighted by Crippen LogP contribution is -1.95. The Labute approximate surface area is 132 Å². The first-order valence-electron chi connectivity index (χ1n) is 6.53. The van der Waals surface area contributed by atoms with Gasteiger partial charge in [-0.2, -0.15) is 0 Å². The Morgan fingerprint density at radius 2 is 2.05 bits per heavy atom. The van der Waals surface area contributed by atoms with Crippen molar-refractivity contribution in [2.75, 3.05) is 5.73 Å². The molecule has 0 aliphatic rings. The molecule has 0 fully saturated rings. The van der Waals surface area contributed by atoms with Crippen LogP contribution in [0.1, 0.15) is 11.3 Å². The molecule has 0 unspecified atom stereocenters. The monoisotopic (exact) mass is 315 g/mol. The molecule has 0 atom stereocenters. The molecular formula is C16H14ClN3S. The van der Waals surface area contributed by atoms with Gasteiger partial charge in [0, 0.05) is 22.2 Å². The Hall–Kier alpha value is -1.78. The molecular weight excluding hydrogens is 302 g/mol. The van der Waals surface area contributed by atoms with Crippen LogP contribution in [0.3, 0.4) is 0 Å². The van der Waals surface area contributed by atoms with Crippen molar-refractivity contribution in [1.29, 1.82) is 0 Å². The number of rotatable bonds is 3. The van der Waals surface area contributed by atoms with Crippen LogP contribution in [-0.2, 0) is 5.75 Å². The summed E-state index contributed by atoms with van der Waals surface area (Å²) in [6, 6.07) is 9.94. The van der Waals surface area contributed by atoms with Crippen LogP contribution < -0.4 is 5.73 Å². The zero-order valence-electron chi connectivity index (χ0n) is 11.5. The van der Waals surface area contributed by atoms with Crippen LogP contribution in [0.25, 0.3) is 10.9 Å². The van der Waals surface area contributed by atoms with Gasteiger partial charge in [0.1, 0.15) is 0 Å². The maximum atomic E-state index is 6.46. The largest absolute Gasteiger partial charge is 0.397 e. The van der Waals surface area contributed by atoms with Crippen LogP contribution in [0.2, 0.25) is 5.02 Å². The van der Waals surface area contributed by atoms with Crippen LogP contribution in [0.15, 0.2) is 47.6 Å². The van der Waals surface area contributed by atoms with Crippen molar-refractivity contribution in [1.82, 2.24) is 9.97 Å². The van der Waals surface area contributed by atoms with E-state index in [1.165, 1.54) is 0 Å². The van der Waals surface area contributed by atoms with Crippen molar-refractivity contribution < 1.29 is 0 Å². The van der Waals surface area contributed by atoms with E-state index in [-0.39, 0.29) is 0 Å². The first kappa shape index (κ1) is 14.2. The van der Waals surface area contributed by atoms with Gasteiger partial charge in [0.25, 0.3) is 0 Å². The van der Waals surface area contributed by atoms with Gasteiger partial charge in [0.05, 0.1) is 28.1 Å². The van der Waals surface area contributed by atoms with Gasteiger partial charge < -0.3 is 5.73 Å². The molecule has 0 bridgehead atoms. The number of fused-ring (bicyclic) bond motifs is 1. The number of benzene rings is 1. The number of hydrogen-bond acceptors (Lipinski definition) is 4.